The number of nitro groups is 1. The Bertz CT molecular complexity index is 930. The fourth-order valence-corrected chi connectivity index (χ4v) is 2.71. The predicted octanol–water partition coefficient (Wildman–Crippen LogP) is 3.60. The minimum Gasteiger partial charge on any atom is -0.463 e. The highest BCUT2D eigenvalue weighted by Crippen LogP contribution is 2.32. The summed E-state index contributed by atoms with van der Waals surface area (Å²) >= 11 is 0. The second-order valence-corrected chi connectivity index (χ2v) is 5.75. The second-order valence-electron chi connectivity index (χ2n) is 5.75. The predicted molar refractivity (Wildman–Crippen MR) is 99.0 cm³/mol. The molecule has 132 valence electrons. The topological polar surface area (TPSA) is 108 Å². The number of aliphatic imine (C=N–C) groups is 1. The van der Waals surface area contributed by atoms with E-state index in [1.54, 1.807) is 25.1 Å². The number of carbonyl (C=O) groups excluding carboxylic acids is 1. The van der Waals surface area contributed by atoms with E-state index in [4.69, 9.17) is 10.5 Å². The lowest BCUT2D eigenvalue weighted by molar-refractivity contribution is -0.384. The normalized spacial score (nSPS) is 13.1. The van der Waals surface area contributed by atoms with Crippen molar-refractivity contribution in [3.63, 3.8) is 0 Å². The fraction of sp³-hybridized carbons (Fsp3) is 0.158. The minimum atomic E-state index is -0.438. The molecular weight excluding hydrogens is 334 g/mol. The van der Waals surface area contributed by atoms with Gasteiger partial charge in [0.25, 0.3) is 5.69 Å². The molecule has 2 aromatic carbocycles. The first-order valence-corrected chi connectivity index (χ1v) is 8.07. The third-order valence-electron chi connectivity index (χ3n) is 3.94. The number of ether oxygens (including phenoxy) is 1. The number of nitrogens with two attached hydrogens (primary N) is 1. The molecule has 2 aromatic rings. The zero-order chi connectivity index (χ0) is 18.7. The smallest absolute Gasteiger partial charge is 0.334 e. The highest BCUT2D eigenvalue weighted by atomic mass is 16.6. The van der Waals surface area contributed by atoms with E-state index in [9.17, 15) is 14.9 Å². The van der Waals surface area contributed by atoms with Gasteiger partial charge in [-0.3, -0.25) is 10.1 Å². The molecule has 1 aliphatic heterocycles. The van der Waals surface area contributed by atoms with Gasteiger partial charge in [0.05, 0.1) is 17.2 Å². The number of nitrogens with zero attached hydrogens (tertiary/aromatic N) is 2. The van der Waals surface area contributed by atoms with Crippen LogP contribution in [0.2, 0.25) is 0 Å². The summed E-state index contributed by atoms with van der Waals surface area (Å²) in [6.45, 7) is 2.02. The molecule has 3 rings (SSSR count). The van der Waals surface area contributed by atoms with Crippen molar-refractivity contribution < 1.29 is 14.5 Å². The molecule has 1 aliphatic rings. The van der Waals surface area contributed by atoms with Crippen molar-refractivity contribution in [2.75, 3.05) is 6.61 Å². The average Bonchev–Trinajstić information content (AvgIpc) is 2.79. The SMILES string of the molecule is CCOC(=O)C1=Cc2cc(-c3ccc([N+](=O)[O-])cc3)ccc2N=C(N)C1. The summed E-state index contributed by atoms with van der Waals surface area (Å²) in [6.07, 6.45) is 1.95. The van der Waals surface area contributed by atoms with Gasteiger partial charge in [-0.25, -0.2) is 9.79 Å². The summed E-state index contributed by atoms with van der Waals surface area (Å²) in [7, 11) is 0. The molecule has 26 heavy (non-hydrogen) atoms. The number of non-ortho nitro benzene ring substituents is 1. The van der Waals surface area contributed by atoms with Crippen LogP contribution in [0.5, 0.6) is 0 Å². The van der Waals surface area contributed by atoms with E-state index in [1.807, 2.05) is 18.2 Å². The van der Waals surface area contributed by atoms with Crippen LogP contribution in [-0.4, -0.2) is 23.3 Å². The average molecular weight is 351 g/mol. The van der Waals surface area contributed by atoms with Crippen molar-refractivity contribution in [3.05, 3.63) is 63.7 Å². The van der Waals surface area contributed by atoms with Gasteiger partial charge in [0.1, 0.15) is 5.84 Å². The lowest BCUT2D eigenvalue weighted by Gasteiger charge is -2.07. The summed E-state index contributed by atoms with van der Waals surface area (Å²) in [5, 5.41) is 10.8. The summed E-state index contributed by atoms with van der Waals surface area (Å²) in [5.41, 5.74) is 9.46. The summed E-state index contributed by atoms with van der Waals surface area (Å²) in [6, 6.07) is 11.8. The molecule has 0 fully saturated rings. The Morgan fingerprint density at radius 3 is 2.58 bits per heavy atom. The lowest BCUT2D eigenvalue weighted by atomic mass is 10.00. The molecule has 0 saturated heterocycles. The Balaban J connectivity index is 2.02. The van der Waals surface area contributed by atoms with Crippen LogP contribution in [0.3, 0.4) is 0 Å². The molecule has 0 spiro atoms. The van der Waals surface area contributed by atoms with Gasteiger partial charge < -0.3 is 10.5 Å². The Morgan fingerprint density at radius 2 is 1.92 bits per heavy atom. The van der Waals surface area contributed by atoms with Crippen LogP contribution in [0.4, 0.5) is 11.4 Å². The van der Waals surface area contributed by atoms with Crippen LogP contribution in [0.15, 0.2) is 53.0 Å². The summed E-state index contributed by atoms with van der Waals surface area (Å²) in [5.74, 6) is -0.0784. The van der Waals surface area contributed by atoms with Gasteiger partial charge in [-0.1, -0.05) is 6.07 Å². The molecule has 7 nitrogen and oxygen atoms in total. The van der Waals surface area contributed by atoms with E-state index in [1.165, 1.54) is 12.1 Å². The third-order valence-corrected chi connectivity index (χ3v) is 3.94. The van der Waals surface area contributed by atoms with Crippen LogP contribution in [0.25, 0.3) is 17.2 Å². The van der Waals surface area contributed by atoms with Crippen LogP contribution < -0.4 is 5.73 Å². The minimum absolute atomic E-state index is 0.0328. The highest BCUT2D eigenvalue weighted by Gasteiger charge is 2.17. The highest BCUT2D eigenvalue weighted by molar-refractivity contribution is 6.03. The molecular formula is C19H17N3O4. The largest absolute Gasteiger partial charge is 0.463 e. The van der Waals surface area contributed by atoms with Crippen molar-refractivity contribution in [2.45, 2.75) is 13.3 Å². The van der Waals surface area contributed by atoms with Gasteiger partial charge in [-0.05, 0) is 48.4 Å². The van der Waals surface area contributed by atoms with Crippen LogP contribution in [0, 0.1) is 10.1 Å². The molecule has 0 saturated carbocycles. The molecule has 0 atom stereocenters. The van der Waals surface area contributed by atoms with E-state index in [2.05, 4.69) is 4.99 Å². The fourth-order valence-electron chi connectivity index (χ4n) is 2.71. The van der Waals surface area contributed by atoms with E-state index in [0.29, 0.717) is 17.1 Å². The first-order valence-electron chi connectivity index (χ1n) is 8.07. The molecule has 0 radical (unpaired) electrons. The first-order chi connectivity index (χ1) is 12.5. The lowest BCUT2D eigenvalue weighted by Crippen LogP contribution is -2.16. The number of benzene rings is 2. The van der Waals surface area contributed by atoms with Crippen molar-refractivity contribution in [2.24, 2.45) is 10.7 Å². The van der Waals surface area contributed by atoms with Crippen molar-refractivity contribution in [3.8, 4) is 11.1 Å². The number of rotatable bonds is 4. The Morgan fingerprint density at radius 1 is 1.23 bits per heavy atom. The number of nitro benzene ring substituents is 1. The number of carbonyl (C=O) groups is 1. The maximum atomic E-state index is 12.1. The van der Waals surface area contributed by atoms with Crippen molar-refractivity contribution in [1.29, 1.82) is 0 Å². The summed E-state index contributed by atoms with van der Waals surface area (Å²) in [4.78, 5) is 26.8. The Hall–Kier alpha value is -3.48. The van der Waals surface area contributed by atoms with Gasteiger partial charge in [0.2, 0.25) is 0 Å². The van der Waals surface area contributed by atoms with Gasteiger partial charge in [0, 0.05) is 29.7 Å². The maximum absolute atomic E-state index is 12.1. The zero-order valence-corrected chi connectivity index (χ0v) is 14.1. The van der Waals surface area contributed by atoms with Crippen molar-refractivity contribution in [1.82, 2.24) is 0 Å². The van der Waals surface area contributed by atoms with Gasteiger partial charge in [-0.15, -0.1) is 0 Å². The monoisotopic (exact) mass is 351 g/mol. The molecule has 0 unspecified atom stereocenters. The molecule has 7 heteroatoms. The molecule has 1 heterocycles. The standard InChI is InChI=1S/C19H17N3O4/c1-2-26-19(23)15-10-14-9-13(5-8-17(14)21-18(20)11-15)12-3-6-16(7-4-12)22(24)25/h3-10H,2,11H2,1H3,(H2,20,21). The number of esters is 1. The van der Waals surface area contributed by atoms with E-state index >= 15 is 0 Å². The number of amidine groups is 1. The van der Waals surface area contributed by atoms with Crippen LogP contribution in [0.1, 0.15) is 18.9 Å². The van der Waals surface area contributed by atoms with E-state index in [0.717, 1.165) is 16.7 Å². The Labute approximate surface area is 150 Å². The second kappa shape index (κ2) is 7.18. The molecule has 0 aromatic heterocycles. The van der Waals surface area contributed by atoms with Gasteiger partial charge in [0.15, 0.2) is 0 Å². The van der Waals surface area contributed by atoms with Crippen LogP contribution in [-0.2, 0) is 9.53 Å². The summed E-state index contributed by atoms with van der Waals surface area (Å²) < 4.78 is 5.07. The van der Waals surface area contributed by atoms with Gasteiger partial charge in [-0.2, -0.15) is 0 Å². The number of fused-ring (bicyclic) bond motifs is 1. The molecule has 0 bridgehead atoms. The number of hydrogen-bond acceptors (Lipinski definition) is 6. The van der Waals surface area contributed by atoms with E-state index < -0.39 is 10.9 Å². The van der Waals surface area contributed by atoms with E-state index in [-0.39, 0.29) is 18.7 Å². The molecule has 0 amide bonds. The molecule has 0 aliphatic carbocycles. The first kappa shape index (κ1) is 17.3. The molecule has 2 N–H and O–H groups in total. The zero-order valence-electron chi connectivity index (χ0n) is 14.1. The third kappa shape index (κ3) is 3.61. The van der Waals surface area contributed by atoms with Gasteiger partial charge >= 0.3 is 5.97 Å². The maximum Gasteiger partial charge on any atom is 0.334 e. The van der Waals surface area contributed by atoms with Crippen molar-refractivity contribution >= 4 is 29.3 Å². The van der Waals surface area contributed by atoms with Crippen LogP contribution >= 0.6 is 0 Å². The number of hydrogen-bond donors (Lipinski definition) is 1. The Kier molecular flexibility index (Phi) is 4.79. The quantitative estimate of drug-likeness (QED) is 0.514.